The summed E-state index contributed by atoms with van der Waals surface area (Å²) in [6.45, 7) is 3.81. The van der Waals surface area contributed by atoms with E-state index in [0.717, 1.165) is 22.3 Å². The van der Waals surface area contributed by atoms with Crippen LogP contribution in [0.5, 0.6) is 0 Å². The molecule has 0 amide bonds. The predicted molar refractivity (Wildman–Crippen MR) is 182 cm³/mol. The average Bonchev–Trinajstić information content (AvgIpc) is 3.08. The Morgan fingerprint density at radius 3 is 0.773 bits per heavy atom. The Morgan fingerprint density at radius 2 is 0.500 bits per heavy atom. The second kappa shape index (κ2) is 14.9. The summed E-state index contributed by atoms with van der Waals surface area (Å²) in [7, 11) is 0. The van der Waals surface area contributed by atoms with E-state index in [9.17, 15) is 0 Å². The Balaban J connectivity index is 1.87. The van der Waals surface area contributed by atoms with Crippen molar-refractivity contribution < 1.29 is 0 Å². The Morgan fingerprint density at radius 1 is 0.273 bits per heavy atom. The van der Waals surface area contributed by atoms with Gasteiger partial charge in [0.15, 0.2) is 0 Å². The summed E-state index contributed by atoms with van der Waals surface area (Å²) in [6.07, 6.45) is 0. The maximum absolute atomic E-state index is 3.30. The third kappa shape index (κ3) is 8.25. The molecular formula is C44H26. The fourth-order valence-corrected chi connectivity index (χ4v) is 4.06. The van der Waals surface area contributed by atoms with Crippen LogP contribution in [0.25, 0.3) is 22.3 Å². The minimum Gasteiger partial charge on any atom is -0.0622 e. The van der Waals surface area contributed by atoms with E-state index in [0.29, 0.717) is 33.4 Å². The number of hydrogen-bond donors (Lipinski definition) is 0. The van der Waals surface area contributed by atoms with E-state index in [-0.39, 0.29) is 0 Å². The maximum atomic E-state index is 3.30. The van der Waals surface area contributed by atoms with Crippen molar-refractivity contribution in [1.82, 2.24) is 0 Å². The van der Waals surface area contributed by atoms with Crippen LogP contribution in [0, 0.1) is 35.5 Å². The van der Waals surface area contributed by atoms with Crippen LogP contribution in [0.15, 0.2) is 167 Å². The van der Waals surface area contributed by atoms with Crippen molar-refractivity contribution in [3.05, 3.63) is 189 Å². The minimum absolute atomic E-state index is 0.692. The van der Waals surface area contributed by atoms with Crippen molar-refractivity contribution in [3.8, 4) is 35.5 Å². The van der Waals surface area contributed by atoms with Gasteiger partial charge in [-0.2, -0.15) is 0 Å². The summed E-state index contributed by atoms with van der Waals surface area (Å²) in [6, 6.07) is 39.8. The lowest BCUT2D eigenvalue weighted by Gasteiger charge is -1.98. The molecule has 202 valence electrons. The van der Waals surface area contributed by atoms with Gasteiger partial charge in [0.1, 0.15) is 0 Å². The molecule has 0 aliphatic heterocycles. The Bertz CT molecular complexity index is 2040. The molecule has 0 fully saturated rings. The molecule has 1 aliphatic carbocycles. The lowest BCUT2D eigenvalue weighted by Crippen LogP contribution is -1.82. The highest BCUT2D eigenvalue weighted by molar-refractivity contribution is 5.86. The molecule has 4 aromatic rings. The van der Waals surface area contributed by atoms with Crippen molar-refractivity contribution in [1.29, 1.82) is 0 Å². The zero-order valence-electron chi connectivity index (χ0n) is 24.5. The van der Waals surface area contributed by atoms with Crippen LogP contribution >= 0.6 is 0 Å². The summed E-state index contributed by atoms with van der Waals surface area (Å²) < 4.78 is 0. The normalized spacial score (nSPS) is 12.5. The van der Waals surface area contributed by atoms with E-state index in [4.69, 9.17) is 0 Å². The van der Waals surface area contributed by atoms with Crippen LogP contribution in [-0.4, -0.2) is 0 Å². The molecule has 0 heteroatoms. The van der Waals surface area contributed by atoms with Gasteiger partial charge in [0, 0.05) is 11.1 Å². The van der Waals surface area contributed by atoms with E-state index >= 15 is 0 Å². The standard InChI is InChI=1S/C44H26/c1-35-23-27-41(37-15-7-3-8-16-37)31-33-43(39-19-11-5-12-20-39)29-25-36(2)26-30-44(40-21-13-6-14-22-40)34-32-42(28-24-35)38-17-9-4-10-18-38/h3-22H,1-2H3. The summed E-state index contributed by atoms with van der Waals surface area (Å²) in [5.41, 5.74) is 27.5. The van der Waals surface area contributed by atoms with Gasteiger partial charge in [-0.1, -0.05) is 191 Å². The molecule has 0 spiro atoms. The van der Waals surface area contributed by atoms with Gasteiger partial charge in [-0.15, -0.1) is 0 Å². The first-order valence-electron chi connectivity index (χ1n) is 14.1. The molecular weight excluding hydrogens is 528 g/mol. The van der Waals surface area contributed by atoms with Crippen LogP contribution in [0.4, 0.5) is 0 Å². The van der Waals surface area contributed by atoms with Crippen molar-refractivity contribution >= 4 is 22.3 Å². The molecule has 0 aromatic heterocycles. The third-order valence-corrected chi connectivity index (χ3v) is 6.37. The first-order chi connectivity index (χ1) is 21.7. The smallest absolute Gasteiger partial charge is 0.0622 e. The second-order valence-corrected chi connectivity index (χ2v) is 9.71. The fourth-order valence-electron chi connectivity index (χ4n) is 4.06. The Labute approximate surface area is 260 Å². The predicted octanol–water partition coefficient (Wildman–Crippen LogP) is 9.50. The maximum Gasteiger partial charge on any atom is 0.0824 e. The minimum atomic E-state index is 0.692. The van der Waals surface area contributed by atoms with Gasteiger partial charge in [0.05, 0.1) is 22.3 Å². The Hall–Kier alpha value is -6.54. The average molecular weight is 555 g/mol. The van der Waals surface area contributed by atoms with Gasteiger partial charge in [-0.25, -0.2) is 0 Å². The highest BCUT2D eigenvalue weighted by atomic mass is 14.0. The molecule has 1 aliphatic rings. The van der Waals surface area contributed by atoms with Crippen molar-refractivity contribution in [3.63, 3.8) is 0 Å². The van der Waals surface area contributed by atoms with Gasteiger partial charge in [-0.05, 0) is 36.1 Å². The van der Waals surface area contributed by atoms with E-state index in [1.807, 2.05) is 135 Å². The van der Waals surface area contributed by atoms with Crippen molar-refractivity contribution in [2.24, 2.45) is 0 Å². The first kappa shape index (κ1) is 29.0. The van der Waals surface area contributed by atoms with E-state index < -0.39 is 0 Å². The largest absolute Gasteiger partial charge is 0.0824 e. The number of benzene rings is 4. The van der Waals surface area contributed by atoms with Gasteiger partial charge in [-0.3, -0.25) is 0 Å². The summed E-state index contributed by atoms with van der Waals surface area (Å²) in [5.74, 6) is 19.6. The zero-order valence-corrected chi connectivity index (χ0v) is 24.5. The van der Waals surface area contributed by atoms with Crippen LogP contribution in [0.1, 0.15) is 36.1 Å². The lowest BCUT2D eigenvalue weighted by molar-refractivity contribution is 1.59. The SMILES string of the molecule is CC1=C=C=C(c2ccccc2)C#CC(c2ccccc2)=C=C=C(C)C#CC(c2ccccc2)=C=C=C(c2ccccc2)C#C1. The van der Waals surface area contributed by atoms with Gasteiger partial charge < -0.3 is 0 Å². The summed E-state index contributed by atoms with van der Waals surface area (Å²) in [5, 5.41) is 0. The molecule has 0 nitrogen and oxygen atoms in total. The molecule has 5 rings (SSSR count). The topological polar surface area (TPSA) is 0 Å². The molecule has 0 saturated carbocycles. The van der Waals surface area contributed by atoms with Crippen molar-refractivity contribution in [2.45, 2.75) is 13.8 Å². The molecule has 0 unspecified atom stereocenters. The van der Waals surface area contributed by atoms with Crippen LogP contribution < -0.4 is 0 Å². The highest BCUT2D eigenvalue weighted by Gasteiger charge is 2.01. The first-order valence-corrected chi connectivity index (χ1v) is 14.1. The molecule has 0 saturated heterocycles. The van der Waals surface area contributed by atoms with Crippen LogP contribution in [-0.2, 0) is 0 Å². The van der Waals surface area contributed by atoms with E-state index in [1.165, 1.54) is 0 Å². The lowest BCUT2D eigenvalue weighted by atomic mass is 10.0. The van der Waals surface area contributed by atoms with Gasteiger partial charge >= 0.3 is 0 Å². The van der Waals surface area contributed by atoms with E-state index in [1.54, 1.807) is 0 Å². The van der Waals surface area contributed by atoms with Crippen LogP contribution in [0.2, 0.25) is 0 Å². The monoisotopic (exact) mass is 554 g/mol. The second-order valence-electron chi connectivity index (χ2n) is 9.71. The van der Waals surface area contributed by atoms with E-state index in [2.05, 4.69) is 69.9 Å². The highest BCUT2D eigenvalue weighted by Crippen LogP contribution is 2.17. The van der Waals surface area contributed by atoms with Gasteiger partial charge in [0.25, 0.3) is 0 Å². The number of hydrogen-bond acceptors (Lipinski definition) is 0. The summed E-state index contributed by atoms with van der Waals surface area (Å²) in [4.78, 5) is 0. The number of allylic oxidation sites excluding steroid dienone is 6. The molecule has 0 atom stereocenters. The Kier molecular flexibility index (Phi) is 9.81. The third-order valence-electron chi connectivity index (χ3n) is 6.37. The molecule has 4 aromatic carbocycles. The zero-order chi connectivity index (χ0) is 30.4. The van der Waals surface area contributed by atoms with Crippen LogP contribution in [0.3, 0.4) is 0 Å². The molecule has 0 N–H and O–H groups in total. The quantitative estimate of drug-likeness (QED) is 0.174. The molecule has 0 heterocycles. The fraction of sp³-hybridized carbons (Fsp3) is 0.0455. The number of rotatable bonds is 4. The van der Waals surface area contributed by atoms with Crippen molar-refractivity contribution in [2.75, 3.05) is 0 Å². The molecule has 0 bridgehead atoms. The summed E-state index contributed by atoms with van der Waals surface area (Å²) >= 11 is 0. The molecule has 44 heavy (non-hydrogen) atoms. The molecule has 0 radical (unpaired) electrons. The van der Waals surface area contributed by atoms with Gasteiger partial charge in [0.2, 0.25) is 0 Å².